The van der Waals surface area contributed by atoms with Crippen LogP contribution in [0.2, 0.25) is 0 Å². The summed E-state index contributed by atoms with van der Waals surface area (Å²) in [7, 11) is -2.61. The van der Waals surface area contributed by atoms with Crippen molar-refractivity contribution in [1.82, 2.24) is 0 Å². The summed E-state index contributed by atoms with van der Waals surface area (Å²) in [6.45, 7) is 2.25. The largest absolute Gasteiger partial charge is 0.493 e. The molecule has 9 heteroatoms. The normalized spacial score (nSPS) is 11.0. The number of rotatable bonds is 6. The van der Waals surface area contributed by atoms with Crippen LogP contribution in [-0.2, 0) is 10.0 Å². The smallest absolute Gasteiger partial charge is 0.258 e. The number of carbonyl (C=O) groups excluding carboxylic acids is 1. The zero-order valence-corrected chi connectivity index (χ0v) is 14.4. The average Bonchev–Trinajstić information content (AvgIpc) is 2.55. The minimum absolute atomic E-state index is 0.325. The summed E-state index contributed by atoms with van der Waals surface area (Å²) in [5.74, 6) is -0.819. The van der Waals surface area contributed by atoms with Crippen LogP contribution in [0.1, 0.15) is 17.3 Å². The molecule has 0 atom stereocenters. The second kappa shape index (κ2) is 7.49. The van der Waals surface area contributed by atoms with Crippen LogP contribution in [0.5, 0.6) is 11.5 Å². The number of nitrogens with one attached hydrogen (secondary N) is 1. The number of carbonyl (C=O) groups is 1. The highest BCUT2D eigenvalue weighted by atomic mass is 32.2. The maximum absolute atomic E-state index is 13.9. The molecule has 7 nitrogen and oxygen atoms in total. The van der Waals surface area contributed by atoms with Crippen molar-refractivity contribution in [2.45, 2.75) is 11.8 Å². The van der Waals surface area contributed by atoms with Crippen LogP contribution < -0.4 is 19.9 Å². The molecule has 0 fully saturated rings. The van der Waals surface area contributed by atoms with Gasteiger partial charge in [-0.05, 0) is 37.3 Å². The topological polar surface area (TPSA) is 108 Å². The molecule has 0 aliphatic rings. The molecule has 134 valence electrons. The number of amides is 1. The number of nitrogens with two attached hydrogens (primary N) is 1. The standard InChI is InChI=1S/C16H17FN2O5S/c1-3-24-14-7-4-10(8-15(14)23-2)19-16(20)12-9-11(25(18,21)22)5-6-13(12)17/h4-9H,3H2,1-2H3,(H,19,20)(H2,18,21,22). The van der Waals surface area contributed by atoms with Crippen LogP contribution >= 0.6 is 0 Å². The summed E-state index contributed by atoms with van der Waals surface area (Å²) < 4.78 is 47.1. The molecular weight excluding hydrogens is 351 g/mol. The summed E-state index contributed by atoms with van der Waals surface area (Å²) >= 11 is 0. The van der Waals surface area contributed by atoms with Gasteiger partial charge in [-0.3, -0.25) is 4.79 Å². The Morgan fingerprint density at radius 3 is 2.52 bits per heavy atom. The Bertz CT molecular complexity index is 899. The van der Waals surface area contributed by atoms with Crippen molar-refractivity contribution in [2.75, 3.05) is 19.0 Å². The molecule has 0 saturated carbocycles. The van der Waals surface area contributed by atoms with Crippen molar-refractivity contribution in [3.63, 3.8) is 0 Å². The molecule has 0 unspecified atom stereocenters. The highest BCUT2D eigenvalue weighted by molar-refractivity contribution is 7.89. The Kier molecular flexibility index (Phi) is 5.60. The summed E-state index contributed by atoms with van der Waals surface area (Å²) in [5, 5.41) is 7.47. The Hall–Kier alpha value is -2.65. The van der Waals surface area contributed by atoms with E-state index in [0.717, 1.165) is 18.2 Å². The van der Waals surface area contributed by atoms with Crippen molar-refractivity contribution in [1.29, 1.82) is 0 Å². The fourth-order valence-corrected chi connectivity index (χ4v) is 2.61. The van der Waals surface area contributed by atoms with Crippen LogP contribution in [0.3, 0.4) is 0 Å². The lowest BCUT2D eigenvalue weighted by atomic mass is 10.2. The molecular formula is C16H17FN2O5S. The van der Waals surface area contributed by atoms with Gasteiger partial charge in [0.2, 0.25) is 10.0 Å². The highest BCUT2D eigenvalue weighted by Gasteiger charge is 2.17. The van der Waals surface area contributed by atoms with Crippen molar-refractivity contribution < 1.29 is 27.1 Å². The Morgan fingerprint density at radius 1 is 1.20 bits per heavy atom. The third-order valence-corrected chi connectivity index (χ3v) is 4.14. The summed E-state index contributed by atoms with van der Waals surface area (Å²) in [5.41, 5.74) is -0.120. The maximum Gasteiger partial charge on any atom is 0.258 e. The van der Waals surface area contributed by atoms with E-state index in [4.69, 9.17) is 14.6 Å². The molecule has 2 aromatic carbocycles. The Morgan fingerprint density at radius 2 is 1.92 bits per heavy atom. The SMILES string of the molecule is CCOc1ccc(NC(=O)c2cc(S(N)(=O)=O)ccc2F)cc1OC. The van der Waals surface area contributed by atoms with Gasteiger partial charge in [0.1, 0.15) is 5.82 Å². The quantitative estimate of drug-likeness (QED) is 0.812. The molecule has 0 aliphatic heterocycles. The molecule has 1 amide bonds. The third kappa shape index (κ3) is 4.46. The lowest BCUT2D eigenvalue weighted by molar-refractivity contribution is 0.102. The zero-order valence-electron chi connectivity index (χ0n) is 13.6. The van der Waals surface area contributed by atoms with Gasteiger partial charge in [-0.25, -0.2) is 17.9 Å². The number of ether oxygens (including phenoxy) is 2. The summed E-state index contributed by atoms with van der Waals surface area (Å²) in [4.78, 5) is 11.9. The van der Waals surface area contributed by atoms with Gasteiger partial charge in [-0.15, -0.1) is 0 Å². The van der Waals surface area contributed by atoms with E-state index in [2.05, 4.69) is 5.32 Å². The van der Waals surface area contributed by atoms with Gasteiger partial charge in [-0.2, -0.15) is 0 Å². The molecule has 0 aromatic heterocycles. The fraction of sp³-hybridized carbons (Fsp3) is 0.188. The van der Waals surface area contributed by atoms with Gasteiger partial charge in [-0.1, -0.05) is 0 Å². The molecule has 0 aliphatic carbocycles. The van der Waals surface area contributed by atoms with E-state index in [1.54, 1.807) is 12.1 Å². The minimum atomic E-state index is -4.05. The van der Waals surface area contributed by atoms with Gasteiger partial charge in [0.15, 0.2) is 11.5 Å². The number of hydrogen-bond acceptors (Lipinski definition) is 5. The first kappa shape index (κ1) is 18.7. The number of primary sulfonamides is 1. The second-order valence-corrected chi connectivity index (χ2v) is 6.50. The van der Waals surface area contributed by atoms with Crippen molar-refractivity contribution in [2.24, 2.45) is 5.14 Å². The number of halogens is 1. The van der Waals surface area contributed by atoms with E-state index >= 15 is 0 Å². The number of methoxy groups -OCH3 is 1. The molecule has 2 aromatic rings. The molecule has 0 spiro atoms. The van der Waals surface area contributed by atoms with Crippen LogP contribution in [0.15, 0.2) is 41.3 Å². The zero-order chi connectivity index (χ0) is 18.6. The highest BCUT2D eigenvalue weighted by Crippen LogP contribution is 2.30. The molecule has 0 heterocycles. The van der Waals surface area contributed by atoms with Gasteiger partial charge >= 0.3 is 0 Å². The third-order valence-electron chi connectivity index (χ3n) is 3.23. The molecule has 2 rings (SSSR count). The number of hydrogen-bond donors (Lipinski definition) is 2. The molecule has 0 saturated heterocycles. The molecule has 0 bridgehead atoms. The molecule has 25 heavy (non-hydrogen) atoms. The van der Waals surface area contributed by atoms with Crippen molar-refractivity contribution >= 4 is 21.6 Å². The first-order valence-corrected chi connectivity index (χ1v) is 8.75. The van der Waals surface area contributed by atoms with Gasteiger partial charge in [0, 0.05) is 11.8 Å². The maximum atomic E-state index is 13.9. The van der Waals surface area contributed by atoms with E-state index in [9.17, 15) is 17.6 Å². The predicted molar refractivity (Wildman–Crippen MR) is 89.9 cm³/mol. The number of benzene rings is 2. The van der Waals surface area contributed by atoms with E-state index in [0.29, 0.717) is 23.8 Å². The Labute approximate surface area is 144 Å². The Balaban J connectivity index is 2.31. The lowest BCUT2D eigenvalue weighted by Crippen LogP contribution is -2.17. The van der Waals surface area contributed by atoms with Crippen LogP contribution in [0.25, 0.3) is 0 Å². The van der Waals surface area contributed by atoms with E-state index in [1.807, 2.05) is 6.92 Å². The van der Waals surface area contributed by atoms with Crippen LogP contribution in [0.4, 0.5) is 10.1 Å². The number of sulfonamides is 1. The van der Waals surface area contributed by atoms with Crippen LogP contribution in [0, 0.1) is 5.82 Å². The second-order valence-electron chi connectivity index (χ2n) is 4.94. The van der Waals surface area contributed by atoms with Crippen molar-refractivity contribution in [3.05, 3.63) is 47.8 Å². The first-order valence-electron chi connectivity index (χ1n) is 7.20. The summed E-state index contributed by atoms with van der Waals surface area (Å²) in [6, 6.07) is 7.38. The van der Waals surface area contributed by atoms with E-state index in [1.165, 1.54) is 13.2 Å². The van der Waals surface area contributed by atoms with Crippen molar-refractivity contribution in [3.8, 4) is 11.5 Å². The van der Waals surface area contributed by atoms with Gasteiger partial charge in [0.25, 0.3) is 5.91 Å². The fourth-order valence-electron chi connectivity index (χ4n) is 2.07. The lowest BCUT2D eigenvalue weighted by Gasteiger charge is -2.12. The first-order chi connectivity index (χ1) is 11.8. The van der Waals surface area contributed by atoms with E-state index < -0.39 is 27.3 Å². The van der Waals surface area contributed by atoms with E-state index in [-0.39, 0.29) is 4.90 Å². The summed E-state index contributed by atoms with van der Waals surface area (Å²) in [6.07, 6.45) is 0. The van der Waals surface area contributed by atoms with Crippen LogP contribution in [-0.4, -0.2) is 28.0 Å². The average molecular weight is 368 g/mol. The number of anilines is 1. The minimum Gasteiger partial charge on any atom is -0.493 e. The van der Waals surface area contributed by atoms with Gasteiger partial charge < -0.3 is 14.8 Å². The monoisotopic (exact) mass is 368 g/mol. The van der Waals surface area contributed by atoms with Gasteiger partial charge in [0.05, 0.1) is 24.2 Å². The molecule has 3 N–H and O–H groups in total. The molecule has 0 radical (unpaired) electrons. The predicted octanol–water partition coefficient (Wildman–Crippen LogP) is 2.13.